The van der Waals surface area contributed by atoms with E-state index >= 15 is 0 Å². The van der Waals surface area contributed by atoms with Crippen LogP contribution in [0.5, 0.6) is 0 Å². The molecule has 0 saturated heterocycles. The average molecular weight is 329 g/mol. The van der Waals surface area contributed by atoms with Gasteiger partial charge < -0.3 is 4.43 Å². The van der Waals surface area contributed by atoms with Gasteiger partial charge in [-0.3, -0.25) is 4.79 Å². The molecular formula is C19H40O2Si. The van der Waals surface area contributed by atoms with Crippen LogP contribution in [0.4, 0.5) is 0 Å². The summed E-state index contributed by atoms with van der Waals surface area (Å²) in [6, 6.07) is 0. The second-order valence-corrected chi connectivity index (χ2v) is 12.9. The summed E-state index contributed by atoms with van der Waals surface area (Å²) in [5.74, 6) is 0.449. The quantitative estimate of drug-likeness (QED) is 0.285. The lowest BCUT2D eigenvalue weighted by atomic mass is 10.1. The second kappa shape index (κ2) is 11.4. The molecule has 0 fully saturated rings. The Bertz CT molecular complexity index is 292. The molecule has 0 saturated carbocycles. The number of unbranched alkanes of at least 4 members (excludes halogenated alkanes) is 6. The predicted octanol–water partition coefficient (Wildman–Crippen LogP) is 6.50. The lowest BCUT2D eigenvalue weighted by Gasteiger charge is -2.36. The third-order valence-corrected chi connectivity index (χ3v) is 9.44. The minimum Gasteiger partial charge on any atom is -0.417 e. The number of hydrogen-bond acceptors (Lipinski definition) is 2. The zero-order chi connectivity index (χ0) is 17.1. The number of carbonyl (C=O) groups is 1. The largest absolute Gasteiger partial charge is 0.417 e. The number of carbonyl (C=O) groups excluding carboxylic acids is 1. The van der Waals surface area contributed by atoms with E-state index < -0.39 is 8.32 Å². The van der Waals surface area contributed by atoms with Gasteiger partial charge in [0.05, 0.1) is 0 Å². The topological polar surface area (TPSA) is 26.3 Å². The van der Waals surface area contributed by atoms with Crippen LogP contribution in [0.3, 0.4) is 0 Å². The standard InChI is InChI=1S/C19H40O2Si/c1-7-15-18(20)16-13-11-9-8-10-12-14-17-21-22(5,6)19(2,3)4/h7-17H2,1-6H3. The van der Waals surface area contributed by atoms with Crippen molar-refractivity contribution in [3.8, 4) is 0 Å². The Labute approximate surface area is 140 Å². The Balaban J connectivity index is 3.40. The summed E-state index contributed by atoms with van der Waals surface area (Å²) in [6.45, 7) is 14.5. The highest BCUT2D eigenvalue weighted by Crippen LogP contribution is 2.36. The van der Waals surface area contributed by atoms with Crippen LogP contribution in [-0.4, -0.2) is 20.7 Å². The van der Waals surface area contributed by atoms with Crippen LogP contribution in [0.1, 0.15) is 91.9 Å². The van der Waals surface area contributed by atoms with Crippen LogP contribution in [0.2, 0.25) is 18.1 Å². The summed E-state index contributed by atoms with van der Waals surface area (Å²) in [4.78, 5) is 11.4. The zero-order valence-corrected chi connectivity index (χ0v) is 17.1. The molecule has 2 nitrogen and oxygen atoms in total. The molecular weight excluding hydrogens is 288 g/mol. The van der Waals surface area contributed by atoms with Gasteiger partial charge >= 0.3 is 0 Å². The Kier molecular flexibility index (Phi) is 11.3. The molecule has 0 aromatic carbocycles. The number of rotatable bonds is 13. The Hall–Kier alpha value is -0.153. The molecule has 0 aromatic heterocycles. The van der Waals surface area contributed by atoms with Gasteiger partial charge in [0, 0.05) is 19.4 Å². The third kappa shape index (κ3) is 10.6. The smallest absolute Gasteiger partial charge is 0.191 e. The minimum absolute atomic E-state index is 0.322. The molecule has 0 rings (SSSR count). The maximum Gasteiger partial charge on any atom is 0.191 e. The van der Waals surface area contributed by atoms with Crippen molar-refractivity contribution in [1.29, 1.82) is 0 Å². The highest BCUT2D eigenvalue weighted by atomic mass is 28.4. The van der Waals surface area contributed by atoms with Gasteiger partial charge in [-0.1, -0.05) is 59.8 Å². The molecule has 0 amide bonds. The highest BCUT2D eigenvalue weighted by molar-refractivity contribution is 6.74. The van der Waals surface area contributed by atoms with E-state index in [1.165, 1.54) is 38.5 Å². The van der Waals surface area contributed by atoms with Crippen molar-refractivity contribution in [2.24, 2.45) is 0 Å². The summed E-state index contributed by atoms with van der Waals surface area (Å²) in [7, 11) is -1.54. The van der Waals surface area contributed by atoms with Gasteiger partial charge in [-0.15, -0.1) is 0 Å². The predicted molar refractivity (Wildman–Crippen MR) is 100 cm³/mol. The number of ketones is 1. The molecule has 0 heterocycles. The molecule has 3 heteroatoms. The van der Waals surface area contributed by atoms with Gasteiger partial charge in [-0.2, -0.15) is 0 Å². The minimum atomic E-state index is -1.54. The van der Waals surface area contributed by atoms with Crippen molar-refractivity contribution in [1.82, 2.24) is 0 Å². The van der Waals surface area contributed by atoms with Crippen molar-refractivity contribution in [2.75, 3.05) is 6.61 Å². The van der Waals surface area contributed by atoms with Crippen molar-refractivity contribution < 1.29 is 9.22 Å². The van der Waals surface area contributed by atoms with Crippen molar-refractivity contribution >= 4 is 14.1 Å². The fourth-order valence-corrected chi connectivity index (χ4v) is 3.34. The average Bonchev–Trinajstić information content (AvgIpc) is 2.39. The van der Waals surface area contributed by atoms with E-state index in [2.05, 4.69) is 40.8 Å². The molecule has 132 valence electrons. The summed E-state index contributed by atoms with van der Waals surface area (Å²) in [5.41, 5.74) is 0. The van der Waals surface area contributed by atoms with Crippen LogP contribution in [0, 0.1) is 0 Å². The van der Waals surface area contributed by atoms with Gasteiger partial charge in [0.1, 0.15) is 5.78 Å². The SMILES string of the molecule is CCCC(=O)CCCCCCCCCO[Si](C)(C)C(C)(C)C. The fourth-order valence-electron chi connectivity index (χ4n) is 2.26. The molecule has 0 N–H and O–H groups in total. The molecule has 0 aliphatic rings. The zero-order valence-electron chi connectivity index (χ0n) is 16.1. The van der Waals surface area contributed by atoms with Gasteiger partial charge in [0.2, 0.25) is 0 Å². The van der Waals surface area contributed by atoms with Gasteiger partial charge in [0.25, 0.3) is 0 Å². The fraction of sp³-hybridized carbons (Fsp3) is 0.947. The van der Waals surface area contributed by atoms with Gasteiger partial charge in [-0.05, 0) is 37.4 Å². The van der Waals surface area contributed by atoms with E-state index in [-0.39, 0.29) is 0 Å². The first-order valence-corrected chi connectivity index (χ1v) is 12.3. The number of hydrogen-bond donors (Lipinski definition) is 0. The summed E-state index contributed by atoms with van der Waals surface area (Å²) in [5, 5.41) is 0.322. The molecule has 0 aliphatic heterocycles. The molecule has 0 atom stereocenters. The van der Waals surface area contributed by atoms with Crippen LogP contribution < -0.4 is 0 Å². The van der Waals surface area contributed by atoms with E-state index in [1.54, 1.807) is 0 Å². The van der Waals surface area contributed by atoms with E-state index in [9.17, 15) is 4.79 Å². The summed E-state index contributed by atoms with van der Waals surface area (Å²) in [6.07, 6.45) is 11.3. The van der Waals surface area contributed by atoms with E-state index in [4.69, 9.17) is 4.43 Å². The lowest BCUT2D eigenvalue weighted by molar-refractivity contribution is -0.119. The van der Waals surface area contributed by atoms with Gasteiger partial charge in [0.15, 0.2) is 8.32 Å². The van der Waals surface area contributed by atoms with Crippen LogP contribution in [0.15, 0.2) is 0 Å². The molecule has 0 aliphatic carbocycles. The van der Waals surface area contributed by atoms with Crippen LogP contribution in [-0.2, 0) is 9.22 Å². The second-order valence-electron chi connectivity index (χ2n) is 8.12. The van der Waals surface area contributed by atoms with Gasteiger partial charge in [-0.25, -0.2) is 0 Å². The van der Waals surface area contributed by atoms with Crippen molar-refractivity contribution in [3.05, 3.63) is 0 Å². The van der Waals surface area contributed by atoms with E-state index in [1.807, 2.05) is 0 Å². The molecule has 0 aromatic rings. The number of Topliss-reactive ketones (excluding diaryl/α,β-unsaturated/α-hetero) is 1. The molecule has 0 spiro atoms. The first kappa shape index (κ1) is 21.8. The van der Waals surface area contributed by atoms with E-state index in [0.717, 1.165) is 32.3 Å². The maximum atomic E-state index is 11.4. The first-order valence-electron chi connectivity index (χ1n) is 9.36. The molecule has 22 heavy (non-hydrogen) atoms. The Morgan fingerprint density at radius 3 is 1.86 bits per heavy atom. The monoisotopic (exact) mass is 328 g/mol. The first-order chi connectivity index (χ1) is 10.2. The summed E-state index contributed by atoms with van der Waals surface area (Å²) >= 11 is 0. The third-order valence-electron chi connectivity index (χ3n) is 4.90. The normalized spacial score (nSPS) is 12.6. The Morgan fingerprint density at radius 2 is 1.36 bits per heavy atom. The Morgan fingerprint density at radius 1 is 0.864 bits per heavy atom. The van der Waals surface area contributed by atoms with Crippen LogP contribution in [0.25, 0.3) is 0 Å². The molecule has 0 radical (unpaired) electrons. The highest BCUT2D eigenvalue weighted by Gasteiger charge is 2.36. The van der Waals surface area contributed by atoms with Crippen LogP contribution >= 0.6 is 0 Å². The van der Waals surface area contributed by atoms with Crippen molar-refractivity contribution in [2.45, 2.75) is 110 Å². The maximum absolute atomic E-state index is 11.4. The van der Waals surface area contributed by atoms with E-state index in [0.29, 0.717) is 10.8 Å². The molecule has 0 unspecified atom stereocenters. The van der Waals surface area contributed by atoms with Crippen molar-refractivity contribution in [3.63, 3.8) is 0 Å². The molecule has 0 bridgehead atoms. The lowest BCUT2D eigenvalue weighted by Crippen LogP contribution is -2.40. The summed E-state index contributed by atoms with van der Waals surface area (Å²) < 4.78 is 6.19.